The molecule has 1 atom stereocenters. The van der Waals surface area contributed by atoms with Crippen LogP contribution in [0.4, 0.5) is 0 Å². The molecule has 2 rings (SSSR count). The number of hydrogen-bond donors (Lipinski definition) is 1. The lowest BCUT2D eigenvalue weighted by molar-refractivity contribution is 0.177. The van der Waals surface area contributed by atoms with Gasteiger partial charge in [0.25, 0.3) is 0 Å². The van der Waals surface area contributed by atoms with E-state index in [0.29, 0.717) is 18.8 Å². The fourth-order valence-corrected chi connectivity index (χ4v) is 2.44. The maximum atomic E-state index is 10.4. The Bertz CT molecular complexity index is 575. The second-order valence-corrected chi connectivity index (χ2v) is 5.52. The van der Waals surface area contributed by atoms with Gasteiger partial charge in [-0.1, -0.05) is 36.2 Å². The summed E-state index contributed by atoms with van der Waals surface area (Å²) in [7, 11) is 0. The molecule has 0 saturated carbocycles. The van der Waals surface area contributed by atoms with E-state index in [4.69, 9.17) is 4.74 Å². The van der Waals surface area contributed by atoms with E-state index in [1.54, 1.807) is 12.4 Å². The van der Waals surface area contributed by atoms with Gasteiger partial charge in [0.05, 0.1) is 18.9 Å². The fraction of sp³-hybridized carbons (Fsp3) is 0.389. The van der Waals surface area contributed by atoms with E-state index in [-0.39, 0.29) is 0 Å². The number of pyridine rings is 1. The minimum Gasteiger partial charge on any atom is -0.492 e. The SMILES string of the molecule is CCCOc1cncc(C(O)Cc2cc(C)cc(C)c2)c1. The first-order chi connectivity index (χ1) is 10.1. The summed E-state index contributed by atoms with van der Waals surface area (Å²) in [5.74, 6) is 0.717. The molecular weight excluding hydrogens is 262 g/mol. The molecule has 0 spiro atoms. The number of aromatic nitrogens is 1. The van der Waals surface area contributed by atoms with Crippen molar-refractivity contribution < 1.29 is 9.84 Å². The van der Waals surface area contributed by atoms with Crippen molar-refractivity contribution in [3.05, 3.63) is 58.9 Å². The molecule has 0 amide bonds. The third-order valence-electron chi connectivity index (χ3n) is 3.30. The van der Waals surface area contributed by atoms with E-state index in [1.165, 1.54) is 11.1 Å². The lowest BCUT2D eigenvalue weighted by atomic mass is 9.99. The molecule has 0 aliphatic heterocycles. The van der Waals surface area contributed by atoms with E-state index in [9.17, 15) is 5.11 Å². The standard InChI is InChI=1S/C18H23NO2/c1-4-5-21-17-10-16(11-19-12-17)18(20)9-15-7-13(2)6-14(3)8-15/h6-8,10-12,18,20H,4-5,9H2,1-3H3. The first kappa shape index (κ1) is 15.5. The lowest BCUT2D eigenvalue weighted by Gasteiger charge is -2.13. The van der Waals surface area contributed by atoms with Crippen LogP contribution >= 0.6 is 0 Å². The van der Waals surface area contributed by atoms with E-state index in [1.807, 2.05) is 6.07 Å². The maximum absolute atomic E-state index is 10.4. The Labute approximate surface area is 126 Å². The van der Waals surface area contributed by atoms with Gasteiger partial charge in [-0.05, 0) is 31.9 Å². The lowest BCUT2D eigenvalue weighted by Crippen LogP contribution is -2.04. The first-order valence-electron chi connectivity index (χ1n) is 7.41. The van der Waals surface area contributed by atoms with Crippen LogP contribution in [0.3, 0.4) is 0 Å². The number of nitrogens with zero attached hydrogens (tertiary/aromatic N) is 1. The second kappa shape index (κ2) is 7.23. The van der Waals surface area contributed by atoms with Gasteiger partial charge in [0.1, 0.15) is 5.75 Å². The summed E-state index contributed by atoms with van der Waals surface area (Å²) in [5, 5.41) is 10.4. The van der Waals surface area contributed by atoms with Crippen LogP contribution in [-0.2, 0) is 6.42 Å². The van der Waals surface area contributed by atoms with Crippen molar-refractivity contribution in [2.75, 3.05) is 6.61 Å². The van der Waals surface area contributed by atoms with Crippen molar-refractivity contribution in [3.8, 4) is 5.75 Å². The maximum Gasteiger partial charge on any atom is 0.137 e. The zero-order chi connectivity index (χ0) is 15.2. The average molecular weight is 285 g/mol. The average Bonchev–Trinajstić information content (AvgIpc) is 2.44. The highest BCUT2D eigenvalue weighted by Crippen LogP contribution is 2.22. The molecule has 3 nitrogen and oxygen atoms in total. The Hall–Kier alpha value is -1.87. The van der Waals surface area contributed by atoms with Crippen LogP contribution in [0.1, 0.15) is 41.7 Å². The Balaban J connectivity index is 2.10. The third-order valence-corrected chi connectivity index (χ3v) is 3.30. The summed E-state index contributed by atoms with van der Waals surface area (Å²) in [6.45, 7) is 6.87. The van der Waals surface area contributed by atoms with Gasteiger partial charge in [0.2, 0.25) is 0 Å². The van der Waals surface area contributed by atoms with E-state index in [0.717, 1.165) is 17.5 Å². The summed E-state index contributed by atoms with van der Waals surface area (Å²) < 4.78 is 5.56. The molecule has 1 aromatic carbocycles. The van der Waals surface area contributed by atoms with E-state index < -0.39 is 6.10 Å². The van der Waals surface area contributed by atoms with Crippen LogP contribution in [0.25, 0.3) is 0 Å². The van der Waals surface area contributed by atoms with Gasteiger partial charge >= 0.3 is 0 Å². The molecule has 1 heterocycles. The highest BCUT2D eigenvalue weighted by atomic mass is 16.5. The van der Waals surface area contributed by atoms with Gasteiger partial charge < -0.3 is 9.84 Å². The summed E-state index contributed by atoms with van der Waals surface area (Å²) in [6.07, 6.45) is 4.36. The Morgan fingerprint density at radius 3 is 2.48 bits per heavy atom. The van der Waals surface area contributed by atoms with Gasteiger partial charge in [-0.3, -0.25) is 4.98 Å². The van der Waals surface area contributed by atoms with Gasteiger partial charge in [0.15, 0.2) is 0 Å². The molecule has 21 heavy (non-hydrogen) atoms. The van der Waals surface area contributed by atoms with Crippen molar-refractivity contribution in [2.24, 2.45) is 0 Å². The van der Waals surface area contributed by atoms with Gasteiger partial charge in [0, 0.05) is 18.2 Å². The number of aliphatic hydroxyl groups excluding tert-OH is 1. The molecule has 3 heteroatoms. The predicted molar refractivity (Wildman–Crippen MR) is 84.6 cm³/mol. The monoisotopic (exact) mass is 285 g/mol. The summed E-state index contributed by atoms with van der Waals surface area (Å²) in [6, 6.07) is 8.23. The minimum absolute atomic E-state index is 0.566. The van der Waals surface area contributed by atoms with Gasteiger partial charge in [-0.25, -0.2) is 0 Å². The fourth-order valence-electron chi connectivity index (χ4n) is 2.44. The minimum atomic E-state index is -0.566. The quantitative estimate of drug-likeness (QED) is 0.878. The number of rotatable bonds is 6. The molecule has 1 unspecified atom stereocenters. The van der Waals surface area contributed by atoms with E-state index in [2.05, 4.69) is 44.0 Å². The molecule has 0 bridgehead atoms. The molecule has 1 N–H and O–H groups in total. The first-order valence-corrected chi connectivity index (χ1v) is 7.41. The Morgan fingerprint density at radius 1 is 1.10 bits per heavy atom. The van der Waals surface area contributed by atoms with Gasteiger partial charge in [-0.2, -0.15) is 0 Å². The zero-order valence-electron chi connectivity index (χ0n) is 13.0. The number of aryl methyl sites for hydroxylation is 2. The highest BCUT2D eigenvalue weighted by molar-refractivity contribution is 5.31. The van der Waals surface area contributed by atoms with Crippen LogP contribution in [0.2, 0.25) is 0 Å². The van der Waals surface area contributed by atoms with Crippen LogP contribution in [0, 0.1) is 13.8 Å². The number of benzene rings is 1. The summed E-state index contributed by atoms with van der Waals surface area (Å²) >= 11 is 0. The van der Waals surface area contributed by atoms with Crippen molar-refractivity contribution in [1.82, 2.24) is 4.98 Å². The normalized spacial score (nSPS) is 12.2. The van der Waals surface area contributed by atoms with Crippen molar-refractivity contribution in [2.45, 2.75) is 39.7 Å². The molecule has 0 aliphatic carbocycles. The molecule has 0 fully saturated rings. The molecular formula is C18H23NO2. The number of ether oxygens (including phenoxy) is 1. The molecule has 0 aliphatic rings. The zero-order valence-corrected chi connectivity index (χ0v) is 13.0. The van der Waals surface area contributed by atoms with Crippen molar-refractivity contribution in [1.29, 1.82) is 0 Å². The second-order valence-electron chi connectivity index (χ2n) is 5.52. The molecule has 2 aromatic rings. The number of aliphatic hydroxyl groups is 1. The van der Waals surface area contributed by atoms with Crippen molar-refractivity contribution in [3.63, 3.8) is 0 Å². The van der Waals surface area contributed by atoms with Crippen LogP contribution in [0.5, 0.6) is 5.75 Å². The van der Waals surface area contributed by atoms with E-state index >= 15 is 0 Å². The van der Waals surface area contributed by atoms with Gasteiger partial charge in [-0.15, -0.1) is 0 Å². The smallest absolute Gasteiger partial charge is 0.137 e. The molecule has 112 valence electrons. The van der Waals surface area contributed by atoms with Crippen molar-refractivity contribution >= 4 is 0 Å². The molecule has 0 saturated heterocycles. The predicted octanol–water partition coefficient (Wildman–Crippen LogP) is 3.76. The summed E-state index contributed by atoms with van der Waals surface area (Å²) in [5.41, 5.74) is 4.37. The topological polar surface area (TPSA) is 42.4 Å². The van der Waals surface area contributed by atoms with Crippen LogP contribution < -0.4 is 4.74 Å². The number of hydrogen-bond acceptors (Lipinski definition) is 3. The van der Waals surface area contributed by atoms with Crippen LogP contribution in [0.15, 0.2) is 36.7 Å². The van der Waals surface area contributed by atoms with Crippen LogP contribution in [-0.4, -0.2) is 16.7 Å². The largest absolute Gasteiger partial charge is 0.492 e. The third kappa shape index (κ3) is 4.57. The Morgan fingerprint density at radius 2 is 1.81 bits per heavy atom. The molecule has 1 aromatic heterocycles. The molecule has 0 radical (unpaired) electrons. The Kier molecular flexibility index (Phi) is 5.34. The summed E-state index contributed by atoms with van der Waals surface area (Å²) in [4.78, 5) is 4.15. The highest BCUT2D eigenvalue weighted by Gasteiger charge is 2.11.